The fraction of sp³-hybridized carbons (Fsp3) is 0.688. The maximum absolute atomic E-state index is 12.5. The predicted octanol–water partition coefficient (Wildman–Crippen LogP) is -3.57. The zero-order valence-electron chi connectivity index (χ0n) is 16.3. The molecule has 3 amide bonds. The van der Waals surface area contributed by atoms with Crippen molar-refractivity contribution in [2.45, 2.75) is 56.7 Å². The van der Waals surface area contributed by atoms with Crippen LogP contribution in [-0.4, -0.2) is 66.0 Å². The quantitative estimate of drug-likeness (QED) is 0.0744. The van der Waals surface area contributed by atoms with Gasteiger partial charge < -0.3 is 44.4 Å². The van der Waals surface area contributed by atoms with Crippen LogP contribution in [0.3, 0.4) is 0 Å². The van der Waals surface area contributed by atoms with Crippen LogP contribution < -0.4 is 39.3 Å². The number of nitrogens with one attached hydrogen (secondary N) is 2. The number of carbonyl (C=O) groups excluding carboxylic acids is 3. The molecule has 166 valence electrons. The van der Waals surface area contributed by atoms with Crippen LogP contribution >= 0.6 is 0 Å². The summed E-state index contributed by atoms with van der Waals surface area (Å²) in [6.45, 7) is 0.698. The van der Waals surface area contributed by atoms with Gasteiger partial charge in [0.1, 0.15) is 12.1 Å². The minimum Gasteiger partial charge on any atom is -0.480 e. The second kappa shape index (κ2) is 14.1. The summed E-state index contributed by atoms with van der Waals surface area (Å²) in [7, 11) is 0. The zero-order chi connectivity index (χ0) is 22.4. The molecule has 0 aliphatic rings. The Morgan fingerprint density at radius 3 is 2.03 bits per heavy atom. The number of rotatable bonds is 15. The average molecular weight is 416 g/mol. The smallest absolute Gasteiger partial charge is 0.326 e. The van der Waals surface area contributed by atoms with Crippen molar-refractivity contribution < 1.29 is 24.3 Å². The van der Waals surface area contributed by atoms with E-state index in [1.165, 1.54) is 0 Å². The summed E-state index contributed by atoms with van der Waals surface area (Å²) in [4.78, 5) is 50.7. The highest BCUT2D eigenvalue weighted by Crippen LogP contribution is 2.04. The molecule has 0 fully saturated rings. The number of hydrogen-bond donors (Lipinski definition) is 8. The zero-order valence-corrected chi connectivity index (χ0v) is 16.3. The van der Waals surface area contributed by atoms with E-state index in [0.29, 0.717) is 32.4 Å². The lowest BCUT2D eigenvalue weighted by Crippen LogP contribution is -2.55. The molecule has 13 heteroatoms. The van der Waals surface area contributed by atoms with Crippen molar-refractivity contribution in [3.63, 3.8) is 0 Å². The summed E-state index contributed by atoms with van der Waals surface area (Å²) in [5, 5.41) is 13.8. The van der Waals surface area contributed by atoms with Crippen molar-refractivity contribution in [2.24, 2.45) is 33.7 Å². The molecule has 0 aromatic carbocycles. The summed E-state index contributed by atoms with van der Waals surface area (Å²) < 4.78 is 0. The van der Waals surface area contributed by atoms with Crippen LogP contribution in [0.15, 0.2) is 4.99 Å². The lowest BCUT2D eigenvalue weighted by Gasteiger charge is -2.22. The lowest BCUT2D eigenvalue weighted by atomic mass is 10.1. The van der Waals surface area contributed by atoms with E-state index >= 15 is 0 Å². The van der Waals surface area contributed by atoms with Crippen LogP contribution in [0, 0.1) is 0 Å². The minimum atomic E-state index is -1.50. The Kier molecular flexibility index (Phi) is 12.7. The molecule has 13 N–H and O–H groups in total. The van der Waals surface area contributed by atoms with Crippen LogP contribution in [-0.2, 0) is 19.2 Å². The van der Waals surface area contributed by atoms with Gasteiger partial charge in [-0.1, -0.05) is 0 Å². The van der Waals surface area contributed by atoms with E-state index in [1.807, 2.05) is 0 Å². The van der Waals surface area contributed by atoms with Crippen molar-refractivity contribution in [3.8, 4) is 0 Å². The molecule has 0 radical (unpaired) electrons. The third-order valence-electron chi connectivity index (χ3n) is 3.90. The molecule has 0 heterocycles. The van der Waals surface area contributed by atoms with Gasteiger partial charge in [0.2, 0.25) is 17.7 Å². The van der Waals surface area contributed by atoms with E-state index in [9.17, 15) is 19.2 Å². The van der Waals surface area contributed by atoms with Crippen molar-refractivity contribution in [3.05, 3.63) is 0 Å². The van der Waals surface area contributed by atoms with Crippen molar-refractivity contribution in [1.82, 2.24) is 10.6 Å². The van der Waals surface area contributed by atoms with Gasteiger partial charge in [-0.15, -0.1) is 0 Å². The number of aliphatic carboxylic acids is 1. The number of carbonyl (C=O) groups is 4. The molecule has 29 heavy (non-hydrogen) atoms. The highest BCUT2D eigenvalue weighted by molar-refractivity contribution is 5.93. The molecule has 0 rings (SSSR count). The molecule has 0 bridgehead atoms. The molecule has 0 aromatic rings. The van der Waals surface area contributed by atoms with Gasteiger partial charge in [-0.05, 0) is 38.6 Å². The maximum atomic E-state index is 12.5. The summed E-state index contributed by atoms with van der Waals surface area (Å²) in [6, 6.07) is -3.44. The number of hydrogen-bond acceptors (Lipinski definition) is 7. The van der Waals surface area contributed by atoms with E-state index in [1.54, 1.807) is 0 Å². The van der Waals surface area contributed by atoms with Gasteiger partial charge in [0.05, 0.1) is 12.5 Å². The molecule has 0 aliphatic carbocycles. The Hall–Kier alpha value is -2.93. The molecule has 0 saturated carbocycles. The fourth-order valence-electron chi connectivity index (χ4n) is 2.36. The molecule has 0 aliphatic heterocycles. The number of nitrogens with two attached hydrogens (primary N) is 5. The van der Waals surface area contributed by atoms with Gasteiger partial charge in [-0.3, -0.25) is 19.4 Å². The number of carboxylic acid groups (broad SMARTS) is 1. The standard InChI is InChI=1S/C16H32N8O5/c17-6-2-1-5-10(14(27)24-11(15(28)29)8-12(19)25)23-13(26)9(18)4-3-7-22-16(20)21/h9-11H,1-8,17-18H2,(H2,19,25)(H,23,26)(H,24,27)(H,28,29)(H4,20,21,22)/t9-,10+,11-/m0/s1. The lowest BCUT2D eigenvalue weighted by molar-refractivity contribution is -0.143. The van der Waals surface area contributed by atoms with Crippen LogP contribution in [0.4, 0.5) is 0 Å². The SMILES string of the molecule is NCCCC[C@@H](NC(=O)[C@@H](N)CCCN=C(N)N)C(=O)N[C@@H](CC(N)=O)C(=O)O. The average Bonchev–Trinajstić information content (AvgIpc) is 2.62. The van der Waals surface area contributed by atoms with Crippen LogP contribution in [0.2, 0.25) is 0 Å². The predicted molar refractivity (Wildman–Crippen MR) is 106 cm³/mol. The Morgan fingerprint density at radius 1 is 0.897 bits per heavy atom. The first kappa shape index (κ1) is 26.1. The number of amides is 3. The number of nitrogens with zero attached hydrogens (tertiary/aromatic N) is 1. The second-order valence-corrected chi connectivity index (χ2v) is 6.47. The molecular weight excluding hydrogens is 384 g/mol. The van der Waals surface area contributed by atoms with Crippen LogP contribution in [0.5, 0.6) is 0 Å². The number of unbranched alkanes of at least 4 members (excludes halogenated alkanes) is 1. The van der Waals surface area contributed by atoms with Gasteiger partial charge in [-0.2, -0.15) is 0 Å². The Morgan fingerprint density at radius 2 is 1.52 bits per heavy atom. The first-order valence-electron chi connectivity index (χ1n) is 9.21. The van der Waals surface area contributed by atoms with Crippen LogP contribution in [0.1, 0.15) is 38.5 Å². The van der Waals surface area contributed by atoms with E-state index in [-0.39, 0.29) is 18.8 Å². The van der Waals surface area contributed by atoms with Gasteiger partial charge in [0.25, 0.3) is 0 Å². The first-order chi connectivity index (χ1) is 13.6. The number of carboxylic acids is 1. The second-order valence-electron chi connectivity index (χ2n) is 6.47. The summed E-state index contributed by atoms with van der Waals surface area (Å²) in [5.41, 5.74) is 26.7. The van der Waals surface area contributed by atoms with Gasteiger partial charge in [-0.25, -0.2) is 4.79 Å². The van der Waals surface area contributed by atoms with Crippen molar-refractivity contribution >= 4 is 29.7 Å². The van der Waals surface area contributed by atoms with Gasteiger partial charge in [0, 0.05) is 6.54 Å². The van der Waals surface area contributed by atoms with Crippen molar-refractivity contribution in [2.75, 3.05) is 13.1 Å². The normalized spacial score (nSPS) is 13.6. The van der Waals surface area contributed by atoms with E-state index in [0.717, 1.165) is 0 Å². The monoisotopic (exact) mass is 416 g/mol. The van der Waals surface area contributed by atoms with E-state index in [2.05, 4.69) is 15.6 Å². The van der Waals surface area contributed by atoms with Crippen molar-refractivity contribution in [1.29, 1.82) is 0 Å². The molecule has 0 saturated heterocycles. The highest BCUT2D eigenvalue weighted by Gasteiger charge is 2.28. The fourth-order valence-corrected chi connectivity index (χ4v) is 2.36. The Bertz CT molecular complexity index is 594. The van der Waals surface area contributed by atoms with E-state index < -0.39 is 48.2 Å². The largest absolute Gasteiger partial charge is 0.480 e. The van der Waals surface area contributed by atoms with Gasteiger partial charge >= 0.3 is 5.97 Å². The Labute approximate surface area is 168 Å². The third-order valence-corrected chi connectivity index (χ3v) is 3.90. The number of aliphatic imine (C=N–C) groups is 1. The van der Waals surface area contributed by atoms with Crippen LogP contribution in [0.25, 0.3) is 0 Å². The highest BCUT2D eigenvalue weighted by atomic mass is 16.4. The Balaban J connectivity index is 4.94. The maximum Gasteiger partial charge on any atom is 0.326 e. The first-order valence-corrected chi connectivity index (χ1v) is 9.21. The molecule has 0 aromatic heterocycles. The summed E-state index contributed by atoms with van der Waals surface area (Å²) >= 11 is 0. The number of primary amides is 1. The third kappa shape index (κ3) is 12.2. The molecule has 13 nitrogen and oxygen atoms in total. The molecule has 0 unspecified atom stereocenters. The topological polar surface area (TPSA) is 255 Å². The van der Waals surface area contributed by atoms with E-state index in [4.69, 9.17) is 33.8 Å². The number of guanidine groups is 1. The summed E-state index contributed by atoms with van der Waals surface area (Å²) in [6.07, 6.45) is 1.50. The summed E-state index contributed by atoms with van der Waals surface area (Å²) in [5.74, 6) is -3.70. The minimum absolute atomic E-state index is 0.0661. The molecular formula is C16H32N8O5. The molecule has 0 spiro atoms. The molecule has 3 atom stereocenters. The van der Waals surface area contributed by atoms with Gasteiger partial charge in [0.15, 0.2) is 5.96 Å².